The van der Waals surface area contributed by atoms with Crippen LogP contribution in [-0.4, -0.2) is 0 Å². The summed E-state index contributed by atoms with van der Waals surface area (Å²) in [6, 6.07) is 41.3. The Balaban J connectivity index is 0.000000210. The Morgan fingerprint density at radius 3 is 1.38 bits per heavy atom. The van der Waals surface area contributed by atoms with Crippen molar-refractivity contribution in [1.82, 2.24) is 0 Å². The van der Waals surface area contributed by atoms with Crippen LogP contribution < -0.4 is 4.90 Å². The summed E-state index contributed by atoms with van der Waals surface area (Å²) < 4.78 is 0. The van der Waals surface area contributed by atoms with Gasteiger partial charge in [0, 0.05) is 17.1 Å². The van der Waals surface area contributed by atoms with Gasteiger partial charge >= 0.3 is 0 Å². The second-order valence-corrected chi connectivity index (χ2v) is 17.8. The number of anilines is 3. The molecule has 1 unspecified atom stereocenters. The Morgan fingerprint density at radius 2 is 0.923 bits per heavy atom. The monoisotopic (exact) mass is 692 g/mol. The molecule has 5 aromatic carbocycles. The van der Waals surface area contributed by atoms with E-state index in [2.05, 4.69) is 204 Å². The largest absolute Gasteiger partial charge is 0.311 e. The zero-order chi connectivity index (χ0) is 38.0. The Morgan fingerprint density at radius 1 is 0.500 bits per heavy atom. The highest BCUT2D eigenvalue weighted by molar-refractivity contribution is 5.78. The molecule has 0 heterocycles. The number of fused-ring (bicyclic) bond motifs is 3. The highest BCUT2D eigenvalue weighted by atomic mass is 15.1. The van der Waals surface area contributed by atoms with Crippen LogP contribution in [0.4, 0.5) is 17.1 Å². The van der Waals surface area contributed by atoms with Crippen LogP contribution in [0, 0.1) is 5.92 Å². The van der Waals surface area contributed by atoms with Crippen molar-refractivity contribution in [2.75, 3.05) is 4.90 Å². The number of benzene rings is 5. The Hall–Kier alpha value is -4.10. The molecule has 274 valence electrons. The molecule has 6 rings (SSSR count). The van der Waals surface area contributed by atoms with Crippen LogP contribution in [0.1, 0.15) is 153 Å². The van der Waals surface area contributed by atoms with E-state index in [1.807, 2.05) is 0 Å². The lowest BCUT2D eigenvalue weighted by Crippen LogP contribution is -2.24. The minimum Gasteiger partial charge on any atom is -0.311 e. The Kier molecular flexibility index (Phi) is 11.9. The van der Waals surface area contributed by atoms with Gasteiger partial charge in [-0.1, -0.05) is 163 Å². The molecule has 0 bridgehead atoms. The first kappa shape index (κ1) is 39.1. The third-order valence-electron chi connectivity index (χ3n) is 11.9. The highest BCUT2D eigenvalue weighted by Gasteiger charge is 2.27. The number of hydrogen-bond donors (Lipinski definition) is 0. The van der Waals surface area contributed by atoms with Gasteiger partial charge in [-0.2, -0.15) is 0 Å². The summed E-state index contributed by atoms with van der Waals surface area (Å²) >= 11 is 0. The zero-order valence-corrected chi connectivity index (χ0v) is 34.6. The van der Waals surface area contributed by atoms with E-state index in [4.69, 9.17) is 0 Å². The predicted molar refractivity (Wildman–Crippen MR) is 229 cm³/mol. The van der Waals surface area contributed by atoms with Crippen LogP contribution in [0.15, 0.2) is 109 Å². The van der Waals surface area contributed by atoms with Crippen LogP contribution in [0.2, 0.25) is 0 Å². The standard InChI is InChI=1S/C29H37N.C22H28/c1-8-22(4)24-11-17-27(18-12-24)30(26-15-9-23(10-16-26)21(2)3)28-19-13-25(14-20-28)29(5,6)7;1-14(2)16-7-9-20-17(11-16)12-18-13-19(8-10-21(18)20)22(5,6)15(3)4/h9-22H,8H2,1-7H3;7-11,13-15H,12H2,1-6H3. The number of nitrogens with zero attached hydrogens (tertiary/aromatic N) is 1. The Labute approximate surface area is 317 Å². The van der Waals surface area contributed by atoms with Crippen molar-refractivity contribution in [3.63, 3.8) is 0 Å². The summed E-state index contributed by atoms with van der Waals surface area (Å²) in [5.41, 5.74) is 16.9. The lowest BCUT2D eigenvalue weighted by atomic mass is 9.74. The minimum atomic E-state index is 0.153. The van der Waals surface area contributed by atoms with Gasteiger partial charge in [-0.25, -0.2) is 0 Å². The van der Waals surface area contributed by atoms with Gasteiger partial charge < -0.3 is 4.90 Å². The van der Waals surface area contributed by atoms with Gasteiger partial charge in [0.1, 0.15) is 0 Å². The Bertz CT molecular complexity index is 1910. The fourth-order valence-electron chi connectivity index (χ4n) is 7.08. The molecule has 0 N–H and O–H groups in total. The molecule has 0 aliphatic heterocycles. The second-order valence-electron chi connectivity index (χ2n) is 17.8. The molecule has 1 aliphatic rings. The SMILES string of the molecule is CC(C)c1ccc2c(c1)Cc1cc(C(C)(C)C(C)C)ccc1-2.CCC(C)c1ccc(N(c2ccc(C(C)C)cc2)c2ccc(C(C)(C)C)cc2)cc1. The molecule has 1 aliphatic carbocycles. The molecule has 5 aromatic rings. The van der Waals surface area contributed by atoms with Gasteiger partial charge in [-0.15, -0.1) is 0 Å². The fourth-order valence-corrected chi connectivity index (χ4v) is 7.08. The smallest absolute Gasteiger partial charge is 0.0461 e. The minimum absolute atomic E-state index is 0.153. The maximum atomic E-state index is 2.45. The maximum Gasteiger partial charge on any atom is 0.0461 e. The van der Waals surface area contributed by atoms with Crippen molar-refractivity contribution < 1.29 is 0 Å². The van der Waals surface area contributed by atoms with Gasteiger partial charge in [0.25, 0.3) is 0 Å². The molecule has 1 heteroatoms. The van der Waals surface area contributed by atoms with E-state index in [1.54, 1.807) is 0 Å². The van der Waals surface area contributed by atoms with Gasteiger partial charge in [0.15, 0.2) is 0 Å². The summed E-state index contributed by atoms with van der Waals surface area (Å²) in [5.74, 6) is 2.36. The van der Waals surface area contributed by atoms with Crippen molar-refractivity contribution in [2.45, 2.75) is 131 Å². The summed E-state index contributed by atoms with van der Waals surface area (Å²) in [6.07, 6.45) is 2.25. The van der Waals surface area contributed by atoms with E-state index < -0.39 is 0 Å². The average Bonchev–Trinajstić information content (AvgIpc) is 3.49. The van der Waals surface area contributed by atoms with Gasteiger partial charge in [-0.3, -0.25) is 0 Å². The quantitative estimate of drug-likeness (QED) is 0.146. The van der Waals surface area contributed by atoms with E-state index in [9.17, 15) is 0 Å². The summed E-state index contributed by atoms with van der Waals surface area (Å²) in [5, 5.41) is 0. The molecule has 0 spiro atoms. The third-order valence-corrected chi connectivity index (χ3v) is 11.9. The van der Waals surface area contributed by atoms with Crippen molar-refractivity contribution in [3.05, 3.63) is 148 Å². The van der Waals surface area contributed by atoms with Crippen molar-refractivity contribution in [2.24, 2.45) is 5.92 Å². The highest BCUT2D eigenvalue weighted by Crippen LogP contribution is 2.42. The van der Waals surface area contributed by atoms with Crippen molar-refractivity contribution >= 4 is 17.1 Å². The van der Waals surface area contributed by atoms with E-state index in [1.165, 1.54) is 67.1 Å². The lowest BCUT2D eigenvalue weighted by molar-refractivity contribution is 0.372. The molecule has 0 aromatic heterocycles. The van der Waals surface area contributed by atoms with Crippen LogP contribution in [0.25, 0.3) is 11.1 Å². The molecule has 0 fully saturated rings. The van der Waals surface area contributed by atoms with Crippen LogP contribution in [0.3, 0.4) is 0 Å². The van der Waals surface area contributed by atoms with Crippen molar-refractivity contribution in [3.8, 4) is 11.1 Å². The van der Waals surface area contributed by atoms with Gasteiger partial charge in [0.05, 0.1) is 0 Å². The van der Waals surface area contributed by atoms with Crippen LogP contribution in [-0.2, 0) is 17.3 Å². The van der Waals surface area contributed by atoms with Crippen LogP contribution in [0.5, 0.6) is 0 Å². The second kappa shape index (κ2) is 15.9. The predicted octanol–water partition coefficient (Wildman–Crippen LogP) is 15.4. The van der Waals surface area contributed by atoms with Crippen LogP contribution >= 0.6 is 0 Å². The first-order valence-corrected chi connectivity index (χ1v) is 19.9. The molecular formula is C51H65N. The zero-order valence-electron chi connectivity index (χ0n) is 34.6. The number of rotatable bonds is 9. The summed E-state index contributed by atoms with van der Waals surface area (Å²) in [6.45, 7) is 29.7. The molecule has 0 amide bonds. The molecule has 1 atom stereocenters. The van der Waals surface area contributed by atoms with E-state index in [0.29, 0.717) is 23.7 Å². The first-order valence-electron chi connectivity index (χ1n) is 19.9. The number of hydrogen-bond acceptors (Lipinski definition) is 1. The maximum absolute atomic E-state index is 2.45. The lowest BCUT2D eigenvalue weighted by Gasteiger charge is -2.30. The van der Waals surface area contributed by atoms with E-state index >= 15 is 0 Å². The topological polar surface area (TPSA) is 3.24 Å². The first-order chi connectivity index (χ1) is 24.5. The normalized spacial score (nSPS) is 13.2. The summed E-state index contributed by atoms with van der Waals surface area (Å²) in [4.78, 5) is 2.36. The average molecular weight is 692 g/mol. The molecule has 0 radical (unpaired) electrons. The third kappa shape index (κ3) is 8.57. The molecule has 52 heavy (non-hydrogen) atoms. The van der Waals surface area contributed by atoms with E-state index in [0.717, 1.165) is 12.8 Å². The molecule has 1 nitrogen and oxygen atoms in total. The molecule has 0 saturated carbocycles. The van der Waals surface area contributed by atoms with Gasteiger partial charge in [0.2, 0.25) is 0 Å². The summed E-state index contributed by atoms with van der Waals surface area (Å²) in [7, 11) is 0. The van der Waals surface area contributed by atoms with Gasteiger partial charge in [-0.05, 0) is 134 Å². The molecular weight excluding hydrogens is 627 g/mol. The fraction of sp³-hybridized carbons (Fsp3) is 0.412. The van der Waals surface area contributed by atoms with E-state index in [-0.39, 0.29) is 10.8 Å². The molecule has 0 saturated heterocycles. The van der Waals surface area contributed by atoms with Crippen molar-refractivity contribution in [1.29, 1.82) is 0 Å².